The van der Waals surface area contributed by atoms with Crippen LogP contribution in [0.4, 0.5) is 0 Å². The maximum absolute atomic E-state index is 12.5. The molecule has 0 saturated heterocycles. The van der Waals surface area contributed by atoms with E-state index in [9.17, 15) is 14.4 Å². The highest BCUT2D eigenvalue weighted by Gasteiger charge is 2.17. The summed E-state index contributed by atoms with van der Waals surface area (Å²) in [5.74, 6) is -0.718. The van der Waals surface area contributed by atoms with Crippen LogP contribution < -0.4 is 10.1 Å². The molecule has 1 N–H and O–H groups in total. The third kappa shape index (κ3) is 6.40. The summed E-state index contributed by atoms with van der Waals surface area (Å²) < 4.78 is 10.1. The van der Waals surface area contributed by atoms with Crippen molar-refractivity contribution >= 4 is 40.9 Å². The van der Waals surface area contributed by atoms with Crippen LogP contribution in [-0.2, 0) is 15.3 Å². The van der Waals surface area contributed by atoms with Crippen molar-refractivity contribution in [3.8, 4) is 5.75 Å². The zero-order valence-electron chi connectivity index (χ0n) is 16.9. The van der Waals surface area contributed by atoms with Gasteiger partial charge in [0.1, 0.15) is 5.75 Å². The fourth-order valence-corrected chi connectivity index (χ4v) is 4.22. The smallest absolute Gasteiger partial charge is 0.339 e. The predicted octanol–water partition coefficient (Wildman–Crippen LogP) is 3.87. The van der Waals surface area contributed by atoms with E-state index in [0.29, 0.717) is 22.6 Å². The molecule has 0 aliphatic carbocycles. The number of aryl methyl sites for hydroxylation is 1. The number of thiazole rings is 1. The van der Waals surface area contributed by atoms with Gasteiger partial charge in [0, 0.05) is 21.6 Å². The van der Waals surface area contributed by atoms with Crippen molar-refractivity contribution in [1.29, 1.82) is 0 Å². The van der Waals surface area contributed by atoms with Crippen LogP contribution in [0.5, 0.6) is 5.75 Å². The van der Waals surface area contributed by atoms with E-state index in [1.807, 2.05) is 24.4 Å². The first-order chi connectivity index (χ1) is 15.0. The first-order valence-electron chi connectivity index (χ1n) is 9.24. The molecular formula is C22H20N2O5S2. The van der Waals surface area contributed by atoms with E-state index in [2.05, 4.69) is 10.3 Å². The van der Waals surface area contributed by atoms with Gasteiger partial charge in [0.25, 0.3) is 11.8 Å². The molecule has 3 rings (SSSR count). The lowest BCUT2D eigenvalue weighted by Gasteiger charge is -2.09. The number of methoxy groups -OCH3 is 1. The summed E-state index contributed by atoms with van der Waals surface area (Å²) in [4.78, 5) is 41.8. The van der Waals surface area contributed by atoms with Gasteiger partial charge in [-0.15, -0.1) is 23.1 Å². The van der Waals surface area contributed by atoms with Gasteiger partial charge in [0.05, 0.1) is 23.4 Å². The van der Waals surface area contributed by atoms with E-state index in [-0.39, 0.29) is 0 Å². The third-order valence-electron chi connectivity index (χ3n) is 4.09. The van der Waals surface area contributed by atoms with E-state index >= 15 is 0 Å². The van der Waals surface area contributed by atoms with Gasteiger partial charge in [-0.05, 0) is 43.3 Å². The molecular weight excluding hydrogens is 436 g/mol. The maximum atomic E-state index is 12.5. The molecule has 9 heteroatoms. The van der Waals surface area contributed by atoms with Crippen molar-refractivity contribution in [2.45, 2.75) is 17.6 Å². The fourth-order valence-electron chi connectivity index (χ4n) is 2.57. The molecule has 2 aromatic carbocycles. The predicted molar refractivity (Wildman–Crippen MR) is 119 cm³/mol. The highest BCUT2D eigenvalue weighted by atomic mass is 32.2. The number of thioether (sulfide) groups is 1. The van der Waals surface area contributed by atoms with Crippen molar-refractivity contribution < 1.29 is 23.9 Å². The molecule has 0 spiro atoms. The lowest BCUT2D eigenvalue weighted by Crippen LogP contribution is -2.34. The second kappa shape index (κ2) is 10.7. The molecule has 0 saturated carbocycles. The van der Waals surface area contributed by atoms with Crippen LogP contribution in [0.1, 0.15) is 31.4 Å². The number of aromatic nitrogens is 1. The SMILES string of the molecule is COc1ccc(C(=O)NC(=O)COC(=O)c2ccccc2SCc2csc(C)n2)cc1. The Morgan fingerprint density at radius 2 is 1.84 bits per heavy atom. The molecule has 0 atom stereocenters. The average Bonchev–Trinajstić information content (AvgIpc) is 3.21. The summed E-state index contributed by atoms with van der Waals surface area (Å²) in [6.45, 7) is 1.37. The van der Waals surface area contributed by atoms with Gasteiger partial charge < -0.3 is 9.47 Å². The minimum Gasteiger partial charge on any atom is -0.497 e. The van der Waals surface area contributed by atoms with Crippen molar-refractivity contribution in [1.82, 2.24) is 10.3 Å². The molecule has 3 aromatic rings. The van der Waals surface area contributed by atoms with E-state index in [1.165, 1.54) is 31.0 Å². The van der Waals surface area contributed by atoms with Gasteiger partial charge in [0.2, 0.25) is 0 Å². The first kappa shape index (κ1) is 22.5. The summed E-state index contributed by atoms with van der Waals surface area (Å²) in [5, 5.41) is 5.16. The lowest BCUT2D eigenvalue weighted by molar-refractivity contribution is -0.123. The van der Waals surface area contributed by atoms with Gasteiger partial charge in [-0.3, -0.25) is 14.9 Å². The Labute approximate surface area is 187 Å². The second-order valence-electron chi connectivity index (χ2n) is 6.32. The average molecular weight is 457 g/mol. The maximum Gasteiger partial charge on any atom is 0.339 e. The van der Waals surface area contributed by atoms with Crippen LogP contribution in [-0.4, -0.2) is 36.5 Å². The molecule has 160 valence electrons. The molecule has 1 aromatic heterocycles. The quantitative estimate of drug-likeness (QED) is 0.406. The Hall–Kier alpha value is -3.17. The Bertz CT molecular complexity index is 1080. The molecule has 0 radical (unpaired) electrons. The van der Waals surface area contributed by atoms with Crippen molar-refractivity contribution in [3.05, 3.63) is 75.7 Å². The Morgan fingerprint density at radius 3 is 2.52 bits per heavy atom. The summed E-state index contributed by atoms with van der Waals surface area (Å²) in [7, 11) is 1.52. The zero-order chi connectivity index (χ0) is 22.2. The molecule has 0 unspecified atom stereocenters. The van der Waals surface area contributed by atoms with Crippen molar-refractivity contribution in [2.24, 2.45) is 0 Å². The fraction of sp³-hybridized carbons (Fsp3) is 0.182. The zero-order valence-corrected chi connectivity index (χ0v) is 18.5. The van der Waals surface area contributed by atoms with E-state index in [1.54, 1.807) is 35.6 Å². The number of hydrogen-bond acceptors (Lipinski definition) is 8. The topological polar surface area (TPSA) is 94.6 Å². The summed E-state index contributed by atoms with van der Waals surface area (Å²) in [6.07, 6.45) is 0. The number of nitrogens with zero attached hydrogens (tertiary/aromatic N) is 1. The monoisotopic (exact) mass is 456 g/mol. The molecule has 2 amide bonds. The van der Waals surface area contributed by atoms with Crippen molar-refractivity contribution in [3.63, 3.8) is 0 Å². The molecule has 31 heavy (non-hydrogen) atoms. The normalized spacial score (nSPS) is 10.4. The number of rotatable bonds is 8. The van der Waals surface area contributed by atoms with Crippen LogP contribution in [0.25, 0.3) is 0 Å². The molecule has 0 fully saturated rings. The minimum absolute atomic E-state index is 0.291. The number of esters is 1. The Balaban J connectivity index is 1.53. The summed E-state index contributed by atoms with van der Waals surface area (Å²) in [5.41, 5.74) is 1.58. The van der Waals surface area contributed by atoms with Gasteiger partial charge in [-0.2, -0.15) is 0 Å². The Morgan fingerprint density at radius 1 is 1.10 bits per heavy atom. The molecule has 0 aliphatic rings. The van der Waals surface area contributed by atoms with Crippen LogP contribution >= 0.6 is 23.1 Å². The first-order valence-corrected chi connectivity index (χ1v) is 11.1. The molecule has 0 bridgehead atoms. The minimum atomic E-state index is -0.711. The number of carbonyl (C=O) groups is 3. The number of benzene rings is 2. The largest absolute Gasteiger partial charge is 0.497 e. The molecule has 0 aliphatic heterocycles. The lowest BCUT2D eigenvalue weighted by atomic mass is 10.2. The summed E-state index contributed by atoms with van der Waals surface area (Å²) in [6, 6.07) is 13.3. The third-order valence-corrected chi connectivity index (χ3v) is 6.02. The highest BCUT2D eigenvalue weighted by molar-refractivity contribution is 7.98. The number of hydrogen-bond donors (Lipinski definition) is 1. The number of carbonyl (C=O) groups excluding carboxylic acids is 3. The number of ether oxygens (including phenoxy) is 2. The van der Waals surface area contributed by atoms with Gasteiger partial charge >= 0.3 is 5.97 Å². The molecule has 7 nitrogen and oxygen atoms in total. The van der Waals surface area contributed by atoms with Gasteiger partial charge in [-0.25, -0.2) is 9.78 Å². The highest BCUT2D eigenvalue weighted by Crippen LogP contribution is 2.27. The van der Waals surface area contributed by atoms with E-state index in [0.717, 1.165) is 15.6 Å². The van der Waals surface area contributed by atoms with Crippen molar-refractivity contribution in [2.75, 3.05) is 13.7 Å². The van der Waals surface area contributed by atoms with Crippen LogP contribution in [0.15, 0.2) is 58.8 Å². The number of imide groups is 1. The van der Waals surface area contributed by atoms with E-state index < -0.39 is 24.4 Å². The van der Waals surface area contributed by atoms with Crippen LogP contribution in [0.2, 0.25) is 0 Å². The van der Waals surface area contributed by atoms with Gasteiger partial charge in [0.15, 0.2) is 6.61 Å². The number of amides is 2. The molecule has 1 heterocycles. The summed E-state index contributed by atoms with van der Waals surface area (Å²) >= 11 is 3.04. The Kier molecular flexibility index (Phi) is 7.80. The van der Waals surface area contributed by atoms with Crippen LogP contribution in [0.3, 0.4) is 0 Å². The van der Waals surface area contributed by atoms with Crippen LogP contribution in [0, 0.1) is 6.92 Å². The number of nitrogens with one attached hydrogen (secondary N) is 1. The van der Waals surface area contributed by atoms with Gasteiger partial charge in [-0.1, -0.05) is 12.1 Å². The standard InChI is InChI=1S/C22H20N2O5S2/c1-14-23-16(12-30-14)13-31-19-6-4-3-5-18(19)22(27)29-11-20(25)24-21(26)15-7-9-17(28-2)10-8-15/h3-10,12H,11,13H2,1-2H3,(H,24,25,26). The second-order valence-corrected chi connectivity index (χ2v) is 8.40. The van der Waals surface area contributed by atoms with E-state index in [4.69, 9.17) is 9.47 Å².